The Morgan fingerprint density at radius 2 is 1.85 bits per heavy atom. The van der Waals surface area contributed by atoms with Crippen LogP contribution in [0.2, 0.25) is 0 Å². The van der Waals surface area contributed by atoms with Gasteiger partial charge in [0.1, 0.15) is 5.75 Å². The normalized spacial score (nSPS) is 19.3. The number of ether oxygens (including phenoxy) is 1. The van der Waals surface area contributed by atoms with E-state index in [4.69, 9.17) is 4.74 Å². The molecule has 34 heavy (non-hydrogen) atoms. The lowest BCUT2D eigenvalue weighted by atomic mass is 10.1. The molecule has 2 aromatic carbocycles. The average molecular weight is 480 g/mol. The fourth-order valence-corrected chi connectivity index (χ4v) is 4.72. The third-order valence-electron chi connectivity index (χ3n) is 5.56. The molecular weight excluding hydrogens is 454 g/mol. The van der Waals surface area contributed by atoms with Crippen molar-refractivity contribution in [1.29, 1.82) is 0 Å². The van der Waals surface area contributed by atoms with Crippen LogP contribution in [0.3, 0.4) is 0 Å². The minimum absolute atomic E-state index is 0.0752. The molecule has 0 aromatic heterocycles. The summed E-state index contributed by atoms with van der Waals surface area (Å²) in [5.41, 5.74) is 1.55. The minimum atomic E-state index is -0.494. The Kier molecular flexibility index (Phi) is 7.32. The molecule has 2 fully saturated rings. The Morgan fingerprint density at radius 1 is 1.12 bits per heavy atom. The summed E-state index contributed by atoms with van der Waals surface area (Å²) in [5, 5.41) is 2.40. The summed E-state index contributed by atoms with van der Waals surface area (Å²) in [7, 11) is 0. The Hall–Kier alpha value is -3.59. The van der Waals surface area contributed by atoms with Gasteiger partial charge in [-0.2, -0.15) is 0 Å². The van der Waals surface area contributed by atoms with Gasteiger partial charge in [0.05, 0.1) is 17.4 Å². The van der Waals surface area contributed by atoms with Crippen LogP contribution < -0.4 is 15.0 Å². The van der Waals surface area contributed by atoms with Crippen LogP contribution >= 0.6 is 11.8 Å². The van der Waals surface area contributed by atoms with Gasteiger partial charge in [0, 0.05) is 31.7 Å². The maximum Gasteiger partial charge on any atom is 0.293 e. The van der Waals surface area contributed by atoms with Gasteiger partial charge in [0.15, 0.2) is 0 Å². The first-order valence-electron chi connectivity index (χ1n) is 11.1. The van der Waals surface area contributed by atoms with Crippen LogP contribution in [0.5, 0.6) is 5.75 Å². The van der Waals surface area contributed by atoms with Crippen molar-refractivity contribution in [2.75, 3.05) is 31.1 Å². The first-order valence-corrected chi connectivity index (χ1v) is 11.9. The van der Waals surface area contributed by atoms with Crippen LogP contribution in [0, 0.1) is 5.92 Å². The van der Waals surface area contributed by atoms with Gasteiger partial charge in [0.2, 0.25) is 11.8 Å². The molecular formula is C25H25N3O5S. The van der Waals surface area contributed by atoms with Gasteiger partial charge in [-0.05, 0) is 54.6 Å². The highest BCUT2D eigenvalue weighted by Gasteiger charge is 2.37. The molecule has 2 aliphatic rings. The SMILES string of the molecule is CCOc1ccc(N2CC(C(=O)NCCN3C(=O)SC(=Cc4ccccc4)C3=O)CC2=O)cc1. The Bertz CT molecular complexity index is 1120. The minimum Gasteiger partial charge on any atom is -0.494 e. The van der Waals surface area contributed by atoms with E-state index in [0.717, 1.165) is 28.0 Å². The first kappa shape index (κ1) is 23.6. The number of thioether (sulfide) groups is 1. The Labute approximate surface area is 201 Å². The smallest absolute Gasteiger partial charge is 0.293 e. The van der Waals surface area contributed by atoms with Crippen molar-refractivity contribution in [1.82, 2.24) is 10.2 Å². The number of imide groups is 1. The van der Waals surface area contributed by atoms with Crippen molar-refractivity contribution in [3.8, 4) is 5.75 Å². The van der Waals surface area contributed by atoms with E-state index in [0.29, 0.717) is 17.2 Å². The molecule has 8 nitrogen and oxygen atoms in total. The van der Waals surface area contributed by atoms with E-state index >= 15 is 0 Å². The van der Waals surface area contributed by atoms with Gasteiger partial charge >= 0.3 is 0 Å². The Morgan fingerprint density at radius 3 is 2.56 bits per heavy atom. The average Bonchev–Trinajstić information content (AvgIpc) is 3.35. The van der Waals surface area contributed by atoms with Gasteiger partial charge in [-0.15, -0.1) is 0 Å². The van der Waals surface area contributed by atoms with Gasteiger partial charge < -0.3 is 15.0 Å². The van der Waals surface area contributed by atoms with Crippen LogP contribution in [0.25, 0.3) is 6.08 Å². The third kappa shape index (κ3) is 5.31. The highest BCUT2D eigenvalue weighted by Crippen LogP contribution is 2.32. The summed E-state index contributed by atoms with van der Waals surface area (Å²) in [6, 6.07) is 16.5. The van der Waals surface area contributed by atoms with E-state index < -0.39 is 5.92 Å². The molecule has 0 saturated carbocycles. The molecule has 1 atom stereocenters. The lowest BCUT2D eigenvalue weighted by molar-refractivity contribution is -0.127. The van der Waals surface area contributed by atoms with E-state index in [2.05, 4.69) is 5.32 Å². The van der Waals surface area contributed by atoms with Crippen molar-refractivity contribution in [3.05, 3.63) is 65.1 Å². The molecule has 0 bridgehead atoms. The summed E-state index contributed by atoms with van der Waals surface area (Å²) < 4.78 is 5.42. The summed E-state index contributed by atoms with van der Waals surface area (Å²) >= 11 is 0.889. The van der Waals surface area contributed by atoms with Crippen molar-refractivity contribution >= 4 is 46.5 Å². The van der Waals surface area contributed by atoms with Crippen LogP contribution in [0.1, 0.15) is 18.9 Å². The topological polar surface area (TPSA) is 96.0 Å². The maximum atomic E-state index is 12.6. The van der Waals surface area contributed by atoms with E-state index in [9.17, 15) is 19.2 Å². The zero-order valence-corrected chi connectivity index (χ0v) is 19.5. The van der Waals surface area contributed by atoms with E-state index in [1.807, 2.05) is 37.3 Å². The molecule has 176 valence electrons. The fraction of sp³-hybridized carbons (Fsp3) is 0.280. The number of hydrogen-bond acceptors (Lipinski definition) is 6. The zero-order valence-electron chi connectivity index (χ0n) is 18.7. The molecule has 0 aliphatic carbocycles. The third-order valence-corrected chi connectivity index (χ3v) is 6.47. The standard InChI is InChI=1S/C25H25N3O5S/c1-2-33-20-10-8-19(9-11-20)28-16-18(15-22(28)29)23(30)26-12-13-27-24(31)21(34-25(27)32)14-17-6-4-3-5-7-17/h3-11,14,18H,2,12-13,15-16H2,1H3,(H,26,30). The van der Waals surface area contributed by atoms with Gasteiger partial charge in [0.25, 0.3) is 11.1 Å². The summed E-state index contributed by atoms with van der Waals surface area (Å²) in [6.07, 6.45) is 1.80. The quantitative estimate of drug-likeness (QED) is 0.584. The summed E-state index contributed by atoms with van der Waals surface area (Å²) in [4.78, 5) is 53.1. The number of anilines is 1. The number of nitrogens with zero attached hydrogens (tertiary/aromatic N) is 2. The number of hydrogen-bond donors (Lipinski definition) is 1. The predicted octanol–water partition coefficient (Wildman–Crippen LogP) is 3.29. The number of carbonyl (C=O) groups excluding carboxylic acids is 4. The molecule has 9 heteroatoms. The molecule has 4 amide bonds. The van der Waals surface area contributed by atoms with Gasteiger partial charge in [-0.3, -0.25) is 24.1 Å². The second-order valence-corrected chi connectivity index (χ2v) is 8.86. The predicted molar refractivity (Wildman–Crippen MR) is 130 cm³/mol. The van der Waals surface area contributed by atoms with Gasteiger partial charge in [-0.25, -0.2) is 0 Å². The molecule has 4 rings (SSSR count). The van der Waals surface area contributed by atoms with E-state index in [-0.39, 0.29) is 49.0 Å². The molecule has 1 N–H and O–H groups in total. The van der Waals surface area contributed by atoms with Crippen LogP contribution in [0.15, 0.2) is 59.5 Å². The van der Waals surface area contributed by atoms with E-state index in [1.165, 1.54) is 0 Å². The molecule has 1 unspecified atom stereocenters. The highest BCUT2D eigenvalue weighted by molar-refractivity contribution is 8.18. The number of nitrogens with one attached hydrogen (secondary N) is 1. The molecule has 0 radical (unpaired) electrons. The van der Waals surface area contributed by atoms with Crippen molar-refractivity contribution in [2.24, 2.45) is 5.92 Å². The molecule has 0 spiro atoms. The lowest BCUT2D eigenvalue weighted by Crippen LogP contribution is -2.40. The fourth-order valence-electron chi connectivity index (χ4n) is 3.85. The van der Waals surface area contributed by atoms with Crippen molar-refractivity contribution < 1.29 is 23.9 Å². The Balaban J connectivity index is 1.28. The highest BCUT2D eigenvalue weighted by atomic mass is 32.2. The van der Waals surface area contributed by atoms with E-state index in [1.54, 1.807) is 35.2 Å². The van der Waals surface area contributed by atoms with Gasteiger partial charge in [-0.1, -0.05) is 30.3 Å². The van der Waals surface area contributed by atoms with Crippen molar-refractivity contribution in [3.63, 3.8) is 0 Å². The second-order valence-electron chi connectivity index (χ2n) is 7.87. The van der Waals surface area contributed by atoms with Crippen LogP contribution in [-0.4, -0.2) is 54.1 Å². The zero-order chi connectivity index (χ0) is 24.1. The molecule has 2 aliphatic heterocycles. The number of amides is 4. The first-order chi connectivity index (χ1) is 16.5. The molecule has 2 aromatic rings. The number of rotatable bonds is 8. The molecule has 2 saturated heterocycles. The second kappa shape index (κ2) is 10.6. The lowest BCUT2D eigenvalue weighted by Gasteiger charge is -2.18. The largest absolute Gasteiger partial charge is 0.494 e. The monoisotopic (exact) mass is 479 g/mol. The van der Waals surface area contributed by atoms with Crippen LogP contribution in [-0.2, 0) is 14.4 Å². The summed E-state index contributed by atoms with van der Waals surface area (Å²) in [5.74, 6) is -0.536. The maximum absolute atomic E-state index is 12.6. The van der Waals surface area contributed by atoms with Crippen LogP contribution in [0.4, 0.5) is 10.5 Å². The number of benzene rings is 2. The molecule has 2 heterocycles. The number of carbonyl (C=O) groups is 4. The summed E-state index contributed by atoms with van der Waals surface area (Å²) in [6.45, 7) is 2.94. The van der Waals surface area contributed by atoms with Crippen molar-refractivity contribution in [2.45, 2.75) is 13.3 Å².